The van der Waals surface area contributed by atoms with Crippen LogP contribution < -0.4 is 5.32 Å². The maximum absolute atomic E-state index is 12.8. The smallest absolute Gasteiger partial charge is 0.239 e. The molecule has 0 saturated heterocycles. The highest BCUT2D eigenvalue weighted by Crippen LogP contribution is 2.25. The number of benzene rings is 2. The number of carbonyl (C=O) groups excluding carboxylic acids is 2. The van der Waals surface area contributed by atoms with Gasteiger partial charge in [-0.25, -0.2) is 0 Å². The third-order valence-corrected chi connectivity index (χ3v) is 4.43. The molecule has 0 saturated carbocycles. The second-order valence-corrected chi connectivity index (χ2v) is 6.99. The van der Waals surface area contributed by atoms with Gasteiger partial charge in [0.25, 0.3) is 0 Å². The lowest BCUT2D eigenvalue weighted by atomic mass is 9.89. The number of hydrogen-bond donors (Lipinski definition) is 1. The molecule has 0 fully saturated rings. The topological polar surface area (TPSA) is 49.4 Å². The van der Waals surface area contributed by atoms with E-state index in [4.69, 9.17) is 0 Å². The molecule has 0 unspecified atom stereocenters. The molecule has 0 aliphatic rings. The van der Waals surface area contributed by atoms with Crippen LogP contribution in [-0.2, 0) is 16.1 Å². The van der Waals surface area contributed by atoms with E-state index in [-0.39, 0.29) is 11.8 Å². The number of hydrogen-bond acceptors (Lipinski definition) is 2. The Labute approximate surface area is 149 Å². The number of nitrogens with one attached hydrogen (secondary N) is 1. The average Bonchev–Trinajstić information content (AvgIpc) is 2.58. The van der Waals surface area contributed by atoms with Gasteiger partial charge in [-0.15, -0.1) is 0 Å². The van der Waals surface area contributed by atoms with E-state index in [0.717, 1.165) is 22.4 Å². The van der Waals surface area contributed by atoms with Crippen molar-refractivity contribution in [1.82, 2.24) is 4.90 Å². The van der Waals surface area contributed by atoms with Crippen molar-refractivity contribution in [1.29, 1.82) is 0 Å². The molecule has 2 rings (SSSR count). The Morgan fingerprint density at radius 2 is 1.52 bits per heavy atom. The molecule has 0 heterocycles. The first-order valence-corrected chi connectivity index (χ1v) is 8.40. The number of rotatable bonds is 5. The van der Waals surface area contributed by atoms with Crippen LogP contribution in [0.1, 0.15) is 30.5 Å². The first kappa shape index (κ1) is 18.7. The van der Waals surface area contributed by atoms with Gasteiger partial charge in [0.15, 0.2) is 0 Å². The Kier molecular flexibility index (Phi) is 5.62. The van der Waals surface area contributed by atoms with Crippen LogP contribution in [0.25, 0.3) is 0 Å². The van der Waals surface area contributed by atoms with E-state index in [0.29, 0.717) is 6.54 Å². The van der Waals surface area contributed by atoms with Crippen molar-refractivity contribution in [3.63, 3.8) is 0 Å². The SMILES string of the molecule is Cc1cccc(C)c1NC(=O)C(C)(C)C(=O)N(C)Cc1ccccc1. The first-order valence-electron chi connectivity index (χ1n) is 8.40. The fourth-order valence-electron chi connectivity index (χ4n) is 2.78. The van der Waals surface area contributed by atoms with Gasteiger partial charge >= 0.3 is 0 Å². The summed E-state index contributed by atoms with van der Waals surface area (Å²) in [6, 6.07) is 15.6. The largest absolute Gasteiger partial charge is 0.341 e. The minimum atomic E-state index is -1.15. The van der Waals surface area contributed by atoms with E-state index in [2.05, 4.69) is 5.32 Å². The summed E-state index contributed by atoms with van der Waals surface area (Å²) in [6.07, 6.45) is 0. The van der Waals surface area contributed by atoms with Crippen LogP contribution >= 0.6 is 0 Å². The fourth-order valence-corrected chi connectivity index (χ4v) is 2.78. The van der Waals surface area contributed by atoms with Crippen LogP contribution in [0, 0.1) is 19.3 Å². The van der Waals surface area contributed by atoms with Gasteiger partial charge in [0.1, 0.15) is 5.41 Å². The van der Waals surface area contributed by atoms with Crippen molar-refractivity contribution in [3.8, 4) is 0 Å². The molecule has 0 aliphatic carbocycles. The van der Waals surface area contributed by atoms with E-state index in [1.54, 1.807) is 25.8 Å². The Bertz CT molecular complexity index is 746. The van der Waals surface area contributed by atoms with Crippen LogP contribution in [-0.4, -0.2) is 23.8 Å². The number of anilines is 1. The highest BCUT2D eigenvalue weighted by molar-refractivity contribution is 6.10. The summed E-state index contributed by atoms with van der Waals surface area (Å²) in [5.74, 6) is -0.505. The highest BCUT2D eigenvalue weighted by Gasteiger charge is 2.38. The van der Waals surface area contributed by atoms with E-state index in [1.807, 2.05) is 62.4 Å². The van der Waals surface area contributed by atoms with Crippen LogP contribution in [0.5, 0.6) is 0 Å². The molecule has 0 atom stereocenters. The minimum Gasteiger partial charge on any atom is -0.341 e. The maximum Gasteiger partial charge on any atom is 0.239 e. The van der Waals surface area contributed by atoms with Gasteiger partial charge in [0.05, 0.1) is 0 Å². The lowest BCUT2D eigenvalue weighted by molar-refractivity contribution is -0.145. The zero-order valence-corrected chi connectivity index (χ0v) is 15.6. The molecular formula is C21H26N2O2. The molecule has 0 spiro atoms. The minimum absolute atomic E-state index is 0.208. The molecule has 0 bridgehead atoms. The Morgan fingerprint density at radius 3 is 2.08 bits per heavy atom. The van der Waals surface area contributed by atoms with Crippen LogP contribution in [0.4, 0.5) is 5.69 Å². The summed E-state index contributed by atoms with van der Waals surface area (Å²) < 4.78 is 0. The van der Waals surface area contributed by atoms with E-state index in [1.165, 1.54) is 0 Å². The molecular weight excluding hydrogens is 312 g/mol. The summed E-state index contributed by atoms with van der Waals surface area (Å²) >= 11 is 0. The number of para-hydroxylation sites is 1. The summed E-state index contributed by atoms with van der Waals surface area (Å²) in [7, 11) is 1.73. The molecule has 0 aromatic heterocycles. The van der Waals surface area contributed by atoms with Gasteiger partial charge in [-0.05, 0) is 44.4 Å². The summed E-state index contributed by atoms with van der Waals surface area (Å²) in [5.41, 5.74) is 2.62. The van der Waals surface area contributed by atoms with Gasteiger partial charge in [-0.1, -0.05) is 48.5 Å². The fraction of sp³-hybridized carbons (Fsp3) is 0.333. The predicted octanol–water partition coefficient (Wildman–Crippen LogP) is 3.93. The lowest BCUT2D eigenvalue weighted by Gasteiger charge is -2.29. The summed E-state index contributed by atoms with van der Waals surface area (Å²) in [5, 5.41) is 2.93. The first-order chi connectivity index (χ1) is 11.7. The monoisotopic (exact) mass is 338 g/mol. The third kappa shape index (κ3) is 4.27. The number of carbonyl (C=O) groups is 2. The highest BCUT2D eigenvalue weighted by atomic mass is 16.2. The molecule has 132 valence electrons. The zero-order valence-electron chi connectivity index (χ0n) is 15.6. The summed E-state index contributed by atoms with van der Waals surface area (Å²) in [6.45, 7) is 7.69. The molecule has 0 radical (unpaired) electrons. The second kappa shape index (κ2) is 7.51. The van der Waals surface area contributed by atoms with Crippen LogP contribution in [0.2, 0.25) is 0 Å². The molecule has 25 heavy (non-hydrogen) atoms. The second-order valence-electron chi connectivity index (χ2n) is 6.99. The molecule has 4 nitrogen and oxygen atoms in total. The van der Waals surface area contributed by atoms with Gasteiger partial charge in [0.2, 0.25) is 11.8 Å². The van der Waals surface area contributed by atoms with Crippen molar-refractivity contribution < 1.29 is 9.59 Å². The zero-order chi connectivity index (χ0) is 18.6. The van der Waals surface area contributed by atoms with E-state index < -0.39 is 5.41 Å². The molecule has 2 aromatic carbocycles. The van der Waals surface area contributed by atoms with Crippen molar-refractivity contribution in [2.24, 2.45) is 5.41 Å². The maximum atomic E-state index is 12.8. The molecule has 2 amide bonds. The third-order valence-electron chi connectivity index (χ3n) is 4.43. The molecule has 4 heteroatoms. The van der Waals surface area contributed by atoms with Crippen molar-refractivity contribution in [2.45, 2.75) is 34.2 Å². The normalized spacial score (nSPS) is 11.1. The van der Waals surface area contributed by atoms with Crippen LogP contribution in [0.15, 0.2) is 48.5 Å². The average molecular weight is 338 g/mol. The predicted molar refractivity (Wildman–Crippen MR) is 101 cm³/mol. The van der Waals surface area contributed by atoms with Crippen LogP contribution in [0.3, 0.4) is 0 Å². The number of nitrogens with zero attached hydrogens (tertiary/aromatic N) is 1. The lowest BCUT2D eigenvalue weighted by Crippen LogP contribution is -2.45. The van der Waals surface area contributed by atoms with Crippen molar-refractivity contribution >= 4 is 17.5 Å². The van der Waals surface area contributed by atoms with Gasteiger partial charge < -0.3 is 10.2 Å². The Balaban J connectivity index is 2.13. The number of amides is 2. The van der Waals surface area contributed by atoms with Gasteiger partial charge in [-0.3, -0.25) is 9.59 Å². The van der Waals surface area contributed by atoms with Gasteiger partial charge in [-0.2, -0.15) is 0 Å². The summed E-state index contributed by atoms with van der Waals surface area (Å²) in [4.78, 5) is 27.2. The molecule has 2 aromatic rings. The van der Waals surface area contributed by atoms with E-state index in [9.17, 15) is 9.59 Å². The Morgan fingerprint density at radius 1 is 0.960 bits per heavy atom. The van der Waals surface area contributed by atoms with Crippen molar-refractivity contribution in [3.05, 3.63) is 65.2 Å². The Hall–Kier alpha value is -2.62. The standard InChI is InChI=1S/C21H26N2O2/c1-15-10-9-11-16(2)18(15)22-19(24)21(3,4)20(25)23(5)14-17-12-7-6-8-13-17/h6-13H,14H2,1-5H3,(H,22,24). The molecule has 1 N–H and O–H groups in total. The van der Waals surface area contributed by atoms with Gasteiger partial charge in [0, 0.05) is 19.3 Å². The number of aryl methyl sites for hydroxylation is 2. The molecule has 0 aliphatic heterocycles. The van der Waals surface area contributed by atoms with Crippen molar-refractivity contribution in [2.75, 3.05) is 12.4 Å². The van der Waals surface area contributed by atoms with E-state index >= 15 is 0 Å². The quantitative estimate of drug-likeness (QED) is 0.840.